The summed E-state index contributed by atoms with van der Waals surface area (Å²) in [4.78, 5) is -0.567. The summed E-state index contributed by atoms with van der Waals surface area (Å²) in [5, 5.41) is 4.86. The Kier molecular flexibility index (Phi) is 4.67. The molecule has 17 heavy (non-hydrogen) atoms. The van der Waals surface area contributed by atoms with Crippen molar-refractivity contribution in [2.75, 3.05) is 6.61 Å². The molecule has 0 bridgehead atoms. The number of primary sulfonamides is 1. The summed E-state index contributed by atoms with van der Waals surface area (Å²) in [6.45, 7) is 2.09. The topological polar surface area (TPSA) is 69.4 Å². The lowest BCUT2D eigenvalue weighted by molar-refractivity contribution is 0.357. The second-order valence-electron chi connectivity index (χ2n) is 3.14. The zero-order chi connectivity index (χ0) is 13.1. The summed E-state index contributed by atoms with van der Waals surface area (Å²) in [6, 6.07) is 2.06. The number of allylic oxidation sites excluding steroid dienone is 1. The van der Waals surface area contributed by atoms with E-state index in [-0.39, 0.29) is 12.4 Å². The first-order valence-corrected chi connectivity index (χ1v) is 6.96. The number of benzene rings is 1. The maximum Gasteiger partial charge on any atom is 0.241 e. The molecule has 0 radical (unpaired) electrons. The van der Waals surface area contributed by atoms with Crippen molar-refractivity contribution >= 4 is 26.0 Å². The number of hydrogen-bond acceptors (Lipinski definition) is 3. The lowest BCUT2D eigenvalue weighted by Crippen LogP contribution is -2.14. The Labute approximate surface area is 107 Å². The molecule has 0 spiro atoms. The van der Waals surface area contributed by atoms with Gasteiger partial charge in [0.05, 0.1) is 4.47 Å². The molecule has 0 aliphatic rings. The summed E-state index contributed by atoms with van der Waals surface area (Å²) < 4.78 is 41.1. The highest BCUT2D eigenvalue weighted by Gasteiger charge is 2.17. The SMILES string of the molecule is C/C=C/COc1cc(F)c(S(N)(=O)=O)cc1Br. The Bertz CT molecular complexity index is 543. The van der Waals surface area contributed by atoms with E-state index in [9.17, 15) is 12.8 Å². The minimum Gasteiger partial charge on any atom is -0.488 e. The van der Waals surface area contributed by atoms with Crippen molar-refractivity contribution in [1.29, 1.82) is 0 Å². The van der Waals surface area contributed by atoms with Crippen LogP contribution in [0.2, 0.25) is 0 Å². The maximum atomic E-state index is 13.5. The molecule has 0 saturated carbocycles. The van der Waals surface area contributed by atoms with Crippen molar-refractivity contribution < 1.29 is 17.5 Å². The van der Waals surface area contributed by atoms with Gasteiger partial charge < -0.3 is 4.74 Å². The van der Waals surface area contributed by atoms with E-state index in [2.05, 4.69) is 15.9 Å². The predicted octanol–water partition coefficient (Wildman–Crippen LogP) is 2.19. The molecule has 1 aromatic carbocycles. The molecule has 0 saturated heterocycles. The molecular formula is C10H11BrFNO3S. The van der Waals surface area contributed by atoms with Crippen LogP contribution in [0.4, 0.5) is 4.39 Å². The molecule has 0 amide bonds. The van der Waals surface area contributed by atoms with Gasteiger partial charge in [-0.25, -0.2) is 17.9 Å². The Hall–Kier alpha value is -0.920. The van der Waals surface area contributed by atoms with Crippen LogP contribution in [0.3, 0.4) is 0 Å². The lowest BCUT2D eigenvalue weighted by Gasteiger charge is -2.08. The van der Waals surface area contributed by atoms with Crippen LogP contribution in [-0.2, 0) is 10.0 Å². The molecule has 1 aromatic rings. The van der Waals surface area contributed by atoms with Gasteiger partial charge >= 0.3 is 0 Å². The standard InChI is InChI=1S/C10H11BrFNO3S/c1-2-3-4-16-9-6-8(12)10(5-7(9)11)17(13,14)15/h2-3,5-6H,4H2,1H3,(H2,13,14,15)/b3-2+. The fraction of sp³-hybridized carbons (Fsp3) is 0.200. The molecule has 2 N–H and O–H groups in total. The third-order valence-electron chi connectivity index (χ3n) is 1.86. The molecule has 0 fully saturated rings. The van der Waals surface area contributed by atoms with E-state index in [1.165, 1.54) is 0 Å². The van der Waals surface area contributed by atoms with Gasteiger partial charge in [-0.2, -0.15) is 0 Å². The predicted molar refractivity (Wildman–Crippen MR) is 65.8 cm³/mol. The Morgan fingerprint density at radius 1 is 1.53 bits per heavy atom. The van der Waals surface area contributed by atoms with E-state index < -0.39 is 20.7 Å². The van der Waals surface area contributed by atoms with Gasteiger partial charge in [-0.15, -0.1) is 0 Å². The summed E-state index contributed by atoms with van der Waals surface area (Å²) in [6.07, 6.45) is 3.51. The molecule has 0 aromatic heterocycles. The highest BCUT2D eigenvalue weighted by molar-refractivity contribution is 9.10. The van der Waals surface area contributed by atoms with Crippen LogP contribution in [0.25, 0.3) is 0 Å². The van der Waals surface area contributed by atoms with Crippen LogP contribution in [0, 0.1) is 5.82 Å². The smallest absolute Gasteiger partial charge is 0.241 e. The van der Waals surface area contributed by atoms with Gasteiger partial charge in [-0.3, -0.25) is 0 Å². The van der Waals surface area contributed by atoms with Crippen LogP contribution in [0.5, 0.6) is 5.75 Å². The fourth-order valence-corrected chi connectivity index (χ4v) is 2.30. The van der Waals surface area contributed by atoms with Crippen molar-refractivity contribution in [3.05, 3.63) is 34.6 Å². The van der Waals surface area contributed by atoms with E-state index in [0.717, 1.165) is 12.1 Å². The van der Waals surface area contributed by atoms with Crippen molar-refractivity contribution in [1.82, 2.24) is 0 Å². The minimum absolute atomic E-state index is 0.216. The van der Waals surface area contributed by atoms with Crippen molar-refractivity contribution in [2.24, 2.45) is 5.14 Å². The number of sulfonamides is 1. The molecule has 0 atom stereocenters. The van der Waals surface area contributed by atoms with E-state index >= 15 is 0 Å². The number of ether oxygens (including phenoxy) is 1. The van der Waals surface area contributed by atoms with E-state index in [4.69, 9.17) is 9.88 Å². The molecule has 7 heteroatoms. The average Bonchev–Trinajstić information content (AvgIpc) is 2.21. The van der Waals surface area contributed by atoms with Crippen LogP contribution >= 0.6 is 15.9 Å². The molecule has 94 valence electrons. The van der Waals surface area contributed by atoms with E-state index in [1.54, 1.807) is 12.2 Å². The maximum absolute atomic E-state index is 13.5. The van der Waals surface area contributed by atoms with Gasteiger partial charge in [0.2, 0.25) is 10.0 Å². The molecule has 4 nitrogen and oxygen atoms in total. The number of rotatable bonds is 4. The number of halogens is 2. The largest absolute Gasteiger partial charge is 0.488 e. The Morgan fingerprint density at radius 2 is 2.18 bits per heavy atom. The Balaban J connectivity index is 3.10. The van der Waals surface area contributed by atoms with Gasteiger partial charge in [-0.05, 0) is 28.9 Å². The van der Waals surface area contributed by atoms with Gasteiger partial charge in [0.25, 0.3) is 0 Å². The highest BCUT2D eigenvalue weighted by atomic mass is 79.9. The van der Waals surface area contributed by atoms with Crippen LogP contribution in [-0.4, -0.2) is 15.0 Å². The van der Waals surface area contributed by atoms with Gasteiger partial charge in [0.15, 0.2) is 0 Å². The normalized spacial score (nSPS) is 12.0. The third-order valence-corrected chi connectivity index (χ3v) is 3.41. The molecule has 1 rings (SSSR count). The Morgan fingerprint density at radius 3 is 2.71 bits per heavy atom. The second kappa shape index (κ2) is 5.61. The summed E-state index contributed by atoms with van der Waals surface area (Å²) in [5.41, 5.74) is 0. The van der Waals surface area contributed by atoms with Crippen LogP contribution in [0.15, 0.2) is 33.7 Å². The van der Waals surface area contributed by atoms with Crippen LogP contribution in [0.1, 0.15) is 6.92 Å². The average molecular weight is 324 g/mol. The van der Waals surface area contributed by atoms with Gasteiger partial charge in [-0.1, -0.05) is 12.2 Å². The monoisotopic (exact) mass is 323 g/mol. The quantitative estimate of drug-likeness (QED) is 0.863. The zero-order valence-corrected chi connectivity index (χ0v) is 11.4. The lowest BCUT2D eigenvalue weighted by atomic mass is 10.3. The van der Waals surface area contributed by atoms with Crippen molar-refractivity contribution in [3.63, 3.8) is 0 Å². The minimum atomic E-state index is -4.07. The van der Waals surface area contributed by atoms with Crippen molar-refractivity contribution in [2.45, 2.75) is 11.8 Å². The first kappa shape index (κ1) is 14.1. The first-order chi connectivity index (χ1) is 7.86. The molecular weight excluding hydrogens is 313 g/mol. The van der Waals surface area contributed by atoms with Crippen LogP contribution < -0.4 is 9.88 Å². The highest BCUT2D eigenvalue weighted by Crippen LogP contribution is 2.29. The van der Waals surface area contributed by atoms with Crippen molar-refractivity contribution in [3.8, 4) is 5.75 Å². The third kappa shape index (κ3) is 3.79. The molecule has 0 heterocycles. The summed E-state index contributed by atoms with van der Waals surface area (Å²) in [7, 11) is -4.07. The number of nitrogens with two attached hydrogens (primary N) is 1. The molecule has 0 unspecified atom stereocenters. The summed E-state index contributed by atoms with van der Waals surface area (Å²) >= 11 is 3.09. The fourth-order valence-electron chi connectivity index (χ4n) is 1.07. The number of hydrogen-bond donors (Lipinski definition) is 1. The first-order valence-electron chi connectivity index (χ1n) is 4.62. The zero-order valence-electron chi connectivity index (χ0n) is 8.98. The van der Waals surface area contributed by atoms with E-state index in [0.29, 0.717) is 4.47 Å². The van der Waals surface area contributed by atoms with Gasteiger partial charge in [0.1, 0.15) is 23.1 Å². The molecule has 0 aliphatic carbocycles. The second-order valence-corrected chi connectivity index (χ2v) is 5.52. The molecule has 0 aliphatic heterocycles. The van der Waals surface area contributed by atoms with Gasteiger partial charge in [0, 0.05) is 6.07 Å². The summed E-state index contributed by atoms with van der Waals surface area (Å²) in [5.74, 6) is -0.723. The van der Waals surface area contributed by atoms with E-state index in [1.807, 2.05) is 6.92 Å².